The summed E-state index contributed by atoms with van der Waals surface area (Å²) in [7, 11) is 0. The van der Waals surface area contributed by atoms with Gasteiger partial charge in [0.05, 0.1) is 11.8 Å². The summed E-state index contributed by atoms with van der Waals surface area (Å²) in [6.07, 6.45) is 7.19. The van der Waals surface area contributed by atoms with Crippen molar-refractivity contribution < 1.29 is 19.2 Å². The van der Waals surface area contributed by atoms with E-state index in [9.17, 15) is 19.2 Å². The predicted molar refractivity (Wildman–Crippen MR) is 121 cm³/mol. The van der Waals surface area contributed by atoms with Gasteiger partial charge in [0.25, 0.3) is 0 Å². The molecule has 7 nitrogen and oxygen atoms in total. The van der Waals surface area contributed by atoms with Crippen molar-refractivity contribution in [2.45, 2.75) is 51.0 Å². The second-order valence-electron chi connectivity index (χ2n) is 8.53. The predicted octanol–water partition coefficient (Wildman–Crippen LogP) is 3.05. The molecule has 3 atom stereocenters. The second-order valence-corrected chi connectivity index (χ2v) is 9.51. The maximum atomic E-state index is 13.2. The highest BCUT2D eigenvalue weighted by molar-refractivity contribution is 7.98. The van der Waals surface area contributed by atoms with E-state index >= 15 is 0 Å². The van der Waals surface area contributed by atoms with Crippen molar-refractivity contribution in [3.05, 3.63) is 24.3 Å². The normalized spacial score (nSPS) is 24.5. The number of amides is 4. The van der Waals surface area contributed by atoms with Crippen LogP contribution in [0.5, 0.6) is 0 Å². The summed E-state index contributed by atoms with van der Waals surface area (Å²) in [5, 5.41) is 2.88. The average molecular weight is 444 g/mol. The highest BCUT2D eigenvalue weighted by Crippen LogP contribution is 2.39. The number of anilines is 2. The lowest BCUT2D eigenvalue weighted by Crippen LogP contribution is -2.48. The minimum Gasteiger partial charge on any atom is -0.324 e. The molecule has 0 spiro atoms. The summed E-state index contributed by atoms with van der Waals surface area (Å²) in [4.78, 5) is 54.1. The molecule has 4 amide bonds. The second kappa shape index (κ2) is 9.42. The van der Waals surface area contributed by atoms with E-state index in [-0.39, 0.29) is 35.5 Å². The van der Waals surface area contributed by atoms with Gasteiger partial charge in [-0.2, -0.15) is 11.8 Å². The van der Waals surface area contributed by atoms with Crippen molar-refractivity contribution in [1.82, 2.24) is 4.90 Å². The molecule has 166 valence electrons. The molecule has 2 saturated heterocycles. The molecule has 2 heterocycles. The molecule has 3 fully saturated rings. The average Bonchev–Trinajstić information content (AvgIpc) is 3.31. The number of thioether (sulfide) groups is 1. The Morgan fingerprint density at radius 1 is 1.06 bits per heavy atom. The summed E-state index contributed by atoms with van der Waals surface area (Å²) >= 11 is 1.59. The summed E-state index contributed by atoms with van der Waals surface area (Å²) in [5.41, 5.74) is 1.40. The molecule has 0 bridgehead atoms. The minimum absolute atomic E-state index is 0.112. The lowest BCUT2D eigenvalue weighted by molar-refractivity contribution is -0.146. The SMILES string of the molecule is CSCCC(C(=O)Nc1ccc(N2CCCC2=O)cc1)N1C(=O)C2CCCCC2C1=O. The van der Waals surface area contributed by atoms with Crippen molar-refractivity contribution in [1.29, 1.82) is 0 Å². The molecule has 4 rings (SSSR count). The van der Waals surface area contributed by atoms with Gasteiger partial charge in [0.15, 0.2) is 0 Å². The minimum atomic E-state index is -0.794. The van der Waals surface area contributed by atoms with E-state index in [2.05, 4.69) is 5.32 Å². The number of carbonyl (C=O) groups excluding carboxylic acids is 4. The third-order valence-electron chi connectivity index (χ3n) is 6.60. The number of benzene rings is 1. The van der Waals surface area contributed by atoms with E-state index < -0.39 is 6.04 Å². The number of rotatable bonds is 7. The van der Waals surface area contributed by atoms with Crippen LogP contribution in [0.1, 0.15) is 44.9 Å². The van der Waals surface area contributed by atoms with Crippen molar-refractivity contribution in [2.75, 3.05) is 28.8 Å². The Bertz CT molecular complexity index is 848. The Kier molecular flexibility index (Phi) is 6.65. The number of nitrogens with zero attached hydrogens (tertiary/aromatic N) is 2. The number of imide groups is 1. The van der Waals surface area contributed by atoms with E-state index in [1.165, 1.54) is 4.90 Å². The van der Waals surface area contributed by atoms with Crippen molar-refractivity contribution in [2.24, 2.45) is 11.8 Å². The Labute approximate surface area is 186 Å². The van der Waals surface area contributed by atoms with Gasteiger partial charge >= 0.3 is 0 Å². The smallest absolute Gasteiger partial charge is 0.247 e. The maximum absolute atomic E-state index is 13.2. The Balaban J connectivity index is 1.49. The van der Waals surface area contributed by atoms with Crippen molar-refractivity contribution in [3.8, 4) is 0 Å². The Hall–Kier alpha value is -2.35. The fraction of sp³-hybridized carbons (Fsp3) is 0.565. The van der Waals surface area contributed by atoms with E-state index in [0.29, 0.717) is 30.8 Å². The van der Waals surface area contributed by atoms with E-state index in [4.69, 9.17) is 0 Å². The summed E-state index contributed by atoms with van der Waals surface area (Å²) in [5.74, 6) is -0.426. The van der Waals surface area contributed by atoms with Crippen LogP contribution in [0.15, 0.2) is 24.3 Å². The third kappa shape index (κ3) is 4.35. The van der Waals surface area contributed by atoms with Crippen LogP contribution in [0, 0.1) is 11.8 Å². The molecular weight excluding hydrogens is 414 g/mol. The van der Waals surface area contributed by atoms with Crippen LogP contribution in [-0.4, -0.2) is 53.1 Å². The van der Waals surface area contributed by atoms with Gasteiger partial charge in [-0.3, -0.25) is 24.1 Å². The first-order valence-electron chi connectivity index (χ1n) is 11.1. The van der Waals surface area contributed by atoms with Gasteiger partial charge in [-0.05, 0) is 62.0 Å². The molecule has 8 heteroatoms. The molecule has 1 saturated carbocycles. The topological polar surface area (TPSA) is 86.8 Å². The van der Waals surface area contributed by atoms with E-state index in [1.54, 1.807) is 28.8 Å². The lowest BCUT2D eigenvalue weighted by Gasteiger charge is -2.26. The molecule has 2 aliphatic heterocycles. The van der Waals surface area contributed by atoms with E-state index in [0.717, 1.165) is 37.8 Å². The largest absolute Gasteiger partial charge is 0.324 e. The fourth-order valence-corrected chi connectivity index (χ4v) is 5.43. The Morgan fingerprint density at radius 2 is 1.71 bits per heavy atom. The first-order valence-corrected chi connectivity index (χ1v) is 12.5. The van der Waals surface area contributed by atoms with Crippen LogP contribution in [0.25, 0.3) is 0 Å². The molecule has 1 aliphatic carbocycles. The van der Waals surface area contributed by atoms with Crippen LogP contribution in [0.2, 0.25) is 0 Å². The summed E-state index contributed by atoms with van der Waals surface area (Å²) in [6, 6.07) is 6.36. The first kappa shape index (κ1) is 21.9. The molecular formula is C23H29N3O4S. The van der Waals surface area contributed by atoms with Gasteiger partial charge in [0.1, 0.15) is 6.04 Å². The number of likely N-dealkylation sites (tertiary alicyclic amines) is 1. The van der Waals surface area contributed by atoms with Crippen LogP contribution < -0.4 is 10.2 Å². The highest BCUT2D eigenvalue weighted by Gasteiger charge is 2.51. The first-order chi connectivity index (χ1) is 15.0. The quantitative estimate of drug-likeness (QED) is 0.655. The molecule has 0 radical (unpaired) electrons. The van der Waals surface area contributed by atoms with Crippen LogP contribution in [0.3, 0.4) is 0 Å². The maximum Gasteiger partial charge on any atom is 0.247 e. The number of fused-ring (bicyclic) bond motifs is 1. The number of hydrogen-bond donors (Lipinski definition) is 1. The van der Waals surface area contributed by atoms with Gasteiger partial charge < -0.3 is 10.2 Å². The van der Waals surface area contributed by atoms with Gasteiger partial charge in [0, 0.05) is 24.3 Å². The van der Waals surface area contributed by atoms with Crippen LogP contribution in [0.4, 0.5) is 11.4 Å². The van der Waals surface area contributed by atoms with Crippen molar-refractivity contribution in [3.63, 3.8) is 0 Å². The third-order valence-corrected chi connectivity index (χ3v) is 7.25. The van der Waals surface area contributed by atoms with Crippen molar-refractivity contribution >= 4 is 46.8 Å². The zero-order valence-electron chi connectivity index (χ0n) is 17.8. The van der Waals surface area contributed by atoms with Crippen LogP contribution >= 0.6 is 11.8 Å². The fourth-order valence-electron chi connectivity index (χ4n) is 4.97. The summed E-state index contributed by atoms with van der Waals surface area (Å²) < 4.78 is 0. The van der Waals surface area contributed by atoms with Gasteiger partial charge in [0.2, 0.25) is 23.6 Å². The van der Waals surface area contributed by atoms with Gasteiger partial charge in [-0.25, -0.2) is 0 Å². The highest BCUT2D eigenvalue weighted by atomic mass is 32.2. The zero-order chi connectivity index (χ0) is 22.0. The van der Waals surface area contributed by atoms with Crippen LogP contribution in [-0.2, 0) is 19.2 Å². The number of hydrogen-bond acceptors (Lipinski definition) is 5. The number of carbonyl (C=O) groups is 4. The molecule has 1 aromatic rings. The number of nitrogens with one attached hydrogen (secondary N) is 1. The monoisotopic (exact) mass is 443 g/mol. The molecule has 3 aliphatic rings. The molecule has 3 unspecified atom stereocenters. The zero-order valence-corrected chi connectivity index (χ0v) is 18.7. The van der Waals surface area contributed by atoms with E-state index in [1.807, 2.05) is 18.4 Å². The van der Waals surface area contributed by atoms with Gasteiger partial charge in [-0.1, -0.05) is 12.8 Å². The summed E-state index contributed by atoms with van der Waals surface area (Å²) in [6.45, 7) is 0.711. The molecule has 0 aromatic heterocycles. The molecule has 1 aromatic carbocycles. The van der Waals surface area contributed by atoms with Gasteiger partial charge in [-0.15, -0.1) is 0 Å². The Morgan fingerprint density at radius 3 is 2.26 bits per heavy atom. The lowest BCUT2D eigenvalue weighted by atomic mass is 9.81. The molecule has 1 N–H and O–H groups in total. The molecule has 31 heavy (non-hydrogen) atoms. The standard InChI is InChI=1S/C23H29N3O4S/c1-31-14-12-19(26-22(29)17-5-2-3-6-18(17)23(26)30)21(28)24-15-8-10-16(11-9-15)25-13-4-7-20(25)27/h8-11,17-19H,2-7,12-14H2,1H3,(H,24,28).